The van der Waals surface area contributed by atoms with Crippen LogP contribution in [0.2, 0.25) is 0 Å². The maximum absolute atomic E-state index is 5.74. The van der Waals surface area contributed by atoms with E-state index in [1.54, 1.807) is 0 Å². The van der Waals surface area contributed by atoms with E-state index in [9.17, 15) is 0 Å². The van der Waals surface area contributed by atoms with Crippen LogP contribution in [-0.4, -0.2) is 16.2 Å². The molecule has 0 saturated heterocycles. The van der Waals surface area contributed by atoms with E-state index in [2.05, 4.69) is 10.1 Å². The minimum absolute atomic E-state index is 0.262. The molecule has 0 aromatic carbocycles. The second-order valence-electron chi connectivity index (χ2n) is 6.20. The van der Waals surface area contributed by atoms with E-state index in [1.807, 2.05) is 6.92 Å². The van der Waals surface area contributed by atoms with Crippen molar-refractivity contribution in [3.8, 4) is 0 Å². The lowest BCUT2D eigenvalue weighted by Gasteiger charge is -2.17. The van der Waals surface area contributed by atoms with Gasteiger partial charge >= 0.3 is 0 Å². The number of hydrogen-bond acceptors (Lipinski definition) is 4. The summed E-state index contributed by atoms with van der Waals surface area (Å²) in [7, 11) is 0. The number of fused-ring (bicyclic) bond motifs is 2. The summed E-state index contributed by atoms with van der Waals surface area (Å²) >= 11 is 0. The van der Waals surface area contributed by atoms with Gasteiger partial charge in [0.1, 0.15) is 0 Å². The molecule has 0 aliphatic heterocycles. The third-order valence-corrected chi connectivity index (χ3v) is 4.60. The van der Waals surface area contributed by atoms with E-state index >= 15 is 0 Å². The van der Waals surface area contributed by atoms with Gasteiger partial charge in [-0.25, -0.2) is 0 Å². The first-order chi connectivity index (χ1) is 8.72. The molecule has 2 bridgehead atoms. The Morgan fingerprint density at radius 2 is 2.28 bits per heavy atom. The first kappa shape index (κ1) is 12.2. The summed E-state index contributed by atoms with van der Waals surface area (Å²) in [4.78, 5) is 4.59. The van der Waals surface area contributed by atoms with Gasteiger partial charge in [-0.2, -0.15) is 4.98 Å². The van der Waals surface area contributed by atoms with Crippen molar-refractivity contribution in [1.29, 1.82) is 0 Å². The summed E-state index contributed by atoms with van der Waals surface area (Å²) in [5.74, 6) is 4.10. The molecule has 1 heterocycles. The van der Waals surface area contributed by atoms with E-state index in [0.29, 0.717) is 5.92 Å². The van der Waals surface area contributed by atoms with Gasteiger partial charge < -0.3 is 10.3 Å². The van der Waals surface area contributed by atoms with Gasteiger partial charge in [0.05, 0.1) is 0 Å². The van der Waals surface area contributed by atoms with Crippen LogP contribution in [0, 0.1) is 11.8 Å². The Balaban J connectivity index is 1.56. The number of rotatable bonds is 5. The van der Waals surface area contributed by atoms with Crippen LogP contribution in [0.4, 0.5) is 0 Å². The Morgan fingerprint density at radius 3 is 2.94 bits per heavy atom. The summed E-state index contributed by atoms with van der Waals surface area (Å²) in [6.07, 6.45) is 8.38. The molecule has 2 aliphatic rings. The standard InChI is InChI=1S/C14H23N3O/c1-9(15)3-2-4-13-16-14(17-18-13)12-8-10-5-6-11(12)7-10/h9-12H,2-8,15H2,1H3. The van der Waals surface area contributed by atoms with Crippen LogP contribution in [0.15, 0.2) is 4.52 Å². The van der Waals surface area contributed by atoms with Crippen LogP contribution in [0.25, 0.3) is 0 Å². The van der Waals surface area contributed by atoms with Crippen molar-refractivity contribution in [3.63, 3.8) is 0 Å². The van der Waals surface area contributed by atoms with Gasteiger partial charge in [0.25, 0.3) is 0 Å². The van der Waals surface area contributed by atoms with Crippen molar-refractivity contribution in [2.24, 2.45) is 17.6 Å². The maximum atomic E-state index is 5.74. The van der Waals surface area contributed by atoms with Crippen LogP contribution in [0.1, 0.15) is 63.1 Å². The van der Waals surface area contributed by atoms with Crippen molar-refractivity contribution in [2.75, 3.05) is 0 Å². The van der Waals surface area contributed by atoms with E-state index in [-0.39, 0.29) is 6.04 Å². The molecule has 4 heteroatoms. The van der Waals surface area contributed by atoms with Crippen molar-refractivity contribution in [1.82, 2.24) is 10.1 Å². The third kappa shape index (κ3) is 2.44. The molecule has 4 nitrogen and oxygen atoms in total. The predicted molar refractivity (Wildman–Crippen MR) is 69.1 cm³/mol. The molecule has 3 rings (SSSR count). The summed E-state index contributed by atoms with van der Waals surface area (Å²) in [5, 5.41) is 4.20. The molecular weight excluding hydrogens is 226 g/mol. The fourth-order valence-electron chi connectivity index (χ4n) is 3.66. The van der Waals surface area contributed by atoms with Crippen LogP contribution >= 0.6 is 0 Å². The maximum Gasteiger partial charge on any atom is 0.226 e. The first-order valence-electron chi connectivity index (χ1n) is 7.30. The molecule has 0 spiro atoms. The summed E-state index contributed by atoms with van der Waals surface area (Å²) in [6.45, 7) is 2.04. The summed E-state index contributed by atoms with van der Waals surface area (Å²) in [5.41, 5.74) is 5.74. The van der Waals surface area contributed by atoms with E-state index < -0.39 is 0 Å². The molecule has 2 aliphatic carbocycles. The fraction of sp³-hybridized carbons (Fsp3) is 0.857. The Kier molecular flexibility index (Phi) is 3.37. The largest absolute Gasteiger partial charge is 0.339 e. The Bertz CT molecular complexity index is 401. The van der Waals surface area contributed by atoms with Crippen molar-refractivity contribution in [3.05, 3.63) is 11.7 Å². The van der Waals surface area contributed by atoms with Crippen molar-refractivity contribution >= 4 is 0 Å². The van der Waals surface area contributed by atoms with E-state index in [4.69, 9.17) is 10.3 Å². The molecule has 2 N–H and O–H groups in total. The molecule has 100 valence electrons. The molecule has 1 aromatic heterocycles. The predicted octanol–water partition coefficient (Wildman–Crippen LogP) is 2.64. The van der Waals surface area contributed by atoms with Gasteiger partial charge in [0.15, 0.2) is 5.82 Å². The molecule has 4 atom stereocenters. The van der Waals surface area contributed by atoms with Crippen LogP contribution in [0.5, 0.6) is 0 Å². The van der Waals surface area contributed by atoms with Crippen molar-refractivity contribution < 1.29 is 4.52 Å². The SMILES string of the molecule is CC(N)CCCc1nc(C2CC3CCC2C3)no1. The second kappa shape index (κ2) is 5.00. The topological polar surface area (TPSA) is 64.9 Å². The van der Waals surface area contributed by atoms with Crippen LogP contribution < -0.4 is 5.73 Å². The Morgan fingerprint density at radius 1 is 1.39 bits per heavy atom. The molecule has 18 heavy (non-hydrogen) atoms. The Hall–Kier alpha value is -0.900. The lowest BCUT2D eigenvalue weighted by molar-refractivity contribution is 0.349. The van der Waals surface area contributed by atoms with Crippen LogP contribution in [-0.2, 0) is 6.42 Å². The lowest BCUT2D eigenvalue weighted by atomic mass is 9.88. The number of aryl methyl sites for hydroxylation is 1. The summed E-state index contributed by atoms with van der Waals surface area (Å²) in [6, 6.07) is 0.262. The van der Waals surface area contributed by atoms with Crippen molar-refractivity contribution in [2.45, 2.75) is 63.8 Å². The highest BCUT2D eigenvalue weighted by Crippen LogP contribution is 2.52. The lowest BCUT2D eigenvalue weighted by Crippen LogP contribution is -2.14. The number of nitrogens with two attached hydrogens (primary N) is 1. The number of nitrogens with zero attached hydrogens (tertiary/aromatic N) is 2. The smallest absolute Gasteiger partial charge is 0.226 e. The zero-order valence-corrected chi connectivity index (χ0v) is 11.1. The number of aromatic nitrogens is 2. The second-order valence-corrected chi connectivity index (χ2v) is 6.20. The fourth-order valence-corrected chi connectivity index (χ4v) is 3.66. The zero-order chi connectivity index (χ0) is 12.5. The Labute approximate surface area is 108 Å². The van der Waals surface area contributed by atoms with E-state index in [1.165, 1.54) is 25.7 Å². The molecule has 2 fully saturated rings. The minimum Gasteiger partial charge on any atom is -0.339 e. The van der Waals surface area contributed by atoms with Gasteiger partial charge in [0, 0.05) is 18.4 Å². The van der Waals surface area contributed by atoms with Gasteiger partial charge in [-0.3, -0.25) is 0 Å². The highest BCUT2D eigenvalue weighted by molar-refractivity contribution is 5.06. The molecule has 2 saturated carbocycles. The molecule has 0 radical (unpaired) electrons. The van der Waals surface area contributed by atoms with E-state index in [0.717, 1.165) is 42.8 Å². The quantitative estimate of drug-likeness (QED) is 0.871. The molecule has 1 aromatic rings. The first-order valence-corrected chi connectivity index (χ1v) is 7.30. The highest BCUT2D eigenvalue weighted by atomic mass is 16.5. The molecule has 4 unspecified atom stereocenters. The highest BCUT2D eigenvalue weighted by Gasteiger charge is 2.42. The normalized spacial score (nSPS) is 32.0. The van der Waals surface area contributed by atoms with Gasteiger partial charge in [-0.15, -0.1) is 0 Å². The third-order valence-electron chi connectivity index (χ3n) is 4.60. The monoisotopic (exact) mass is 249 g/mol. The number of hydrogen-bond donors (Lipinski definition) is 1. The molecule has 0 amide bonds. The average Bonchev–Trinajstić information content (AvgIpc) is 3.03. The van der Waals surface area contributed by atoms with Gasteiger partial charge in [-0.1, -0.05) is 11.6 Å². The van der Waals surface area contributed by atoms with Crippen LogP contribution in [0.3, 0.4) is 0 Å². The van der Waals surface area contributed by atoms with Gasteiger partial charge in [0.2, 0.25) is 5.89 Å². The average molecular weight is 249 g/mol. The zero-order valence-electron chi connectivity index (χ0n) is 11.1. The molecular formula is C14H23N3O. The summed E-state index contributed by atoms with van der Waals surface area (Å²) < 4.78 is 5.36. The minimum atomic E-state index is 0.262. The van der Waals surface area contributed by atoms with Gasteiger partial charge in [-0.05, 0) is 50.9 Å².